The number of fused-ring (bicyclic) bond motifs is 1. The van der Waals surface area contributed by atoms with Crippen LogP contribution in [0.2, 0.25) is 0 Å². The third-order valence-electron chi connectivity index (χ3n) is 3.52. The van der Waals surface area contributed by atoms with Gasteiger partial charge in [-0.2, -0.15) is 0 Å². The molecule has 3 rings (SSSR count). The molecule has 0 spiro atoms. The zero-order chi connectivity index (χ0) is 13.2. The van der Waals surface area contributed by atoms with Gasteiger partial charge < -0.3 is 10.2 Å². The van der Waals surface area contributed by atoms with E-state index in [2.05, 4.69) is 28.6 Å². The molecule has 0 amide bonds. The summed E-state index contributed by atoms with van der Waals surface area (Å²) < 4.78 is 0. The summed E-state index contributed by atoms with van der Waals surface area (Å²) in [5, 5.41) is 6.64. The Morgan fingerprint density at radius 2 is 2.37 bits per heavy atom. The molecule has 0 saturated carbocycles. The molecular weight excluding hydrogens is 274 g/mol. The van der Waals surface area contributed by atoms with Crippen molar-refractivity contribution in [3.63, 3.8) is 0 Å². The van der Waals surface area contributed by atoms with Crippen LogP contribution in [-0.2, 0) is 25.9 Å². The second kappa shape index (κ2) is 5.61. The van der Waals surface area contributed by atoms with Crippen LogP contribution in [0.5, 0.6) is 0 Å². The number of thiophene rings is 1. The topological polar surface area (TPSA) is 28.2 Å². The summed E-state index contributed by atoms with van der Waals surface area (Å²) in [5.74, 6) is 0. The van der Waals surface area contributed by atoms with Crippen molar-refractivity contribution in [2.24, 2.45) is 0 Å². The van der Waals surface area contributed by atoms with Gasteiger partial charge in [0.05, 0.1) is 5.69 Å². The van der Waals surface area contributed by atoms with Crippen LogP contribution in [0.15, 0.2) is 11.4 Å². The molecule has 0 aromatic carbocycles. The van der Waals surface area contributed by atoms with Gasteiger partial charge in [0.25, 0.3) is 0 Å². The molecule has 0 unspecified atom stereocenters. The maximum Gasteiger partial charge on any atom is 0.186 e. The van der Waals surface area contributed by atoms with E-state index in [1.807, 2.05) is 29.7 Å². The van der Waals surface area contributed by atoms with Gasteiger partial charge in [-0.15, -0.1) is 22.7 Å². The predicted octanol–water partition coefficient (Wildman–Crippen LogP) is 3.05. The predicted molar refractivity (Wildman–Crippen MR) is 83.3 cm³/mol. The fourth-order valence-electron chi connectivity index (χ4n) is 2.49. The van der Waals surface area contributed by atoms with Crippen molar-refractivity contribution in [2.75, 3.05) is 18.5 Å². The van der Waals surface area contributed by atoms with Crippen LogP contribution in [0.25, 0.3) is 0 Å². The standard InChI is InChI=1S/C14H19N3S2/c1-3-11-13(8-15-2)19-14(16-11)17-6-4-12-10(9-17)5-7-18-12/h5,7,15H,3-4,6,8-9H2,1-2H3. The molecule has 2 aromatic rings. The minimum Gasteiger partial charge on any atom is -0.343 e. The van der Waals surface area contributed by atoms with Crippen molar-refractivity contribution < 1.29 is 0 Å². The van der Waals surface area contributed by atoms with Gasteiger partial charge in [0.15, 0.2) is 5.13 Å². The Balaban J connectivity index is 1.83. The van der Waals surface area contributed by atoms with Gasteiger partial charge in [-0.1, -0.05) is 6.92 Å². The van der Waals surface area contributed by atoms with Crippen LogP contribution in [0, 0.1) is 0 Å². The molecule has 2 aromatic heterocycles. The minimum atomic E-state index is 0.929. The summed E-state index contributed by atoms with van der Waals surface area (Å²) in [6.07, 6.45) is 2.18. The molecule has 0 atom stereocenters. The SMILES string of the molecule is CCc1nc(N2CCc3sccc3C2)sc1CNC. The van der Waals surface area contributed by atoms with Crippen LogP contribution in [0.4, 0.5) is 5.13 Å². The number of hydrogen-bond donors (Lipinski definition) is 1. The quantitative estimate of drug-likeness (QED) is 0.939. The average molecular weight is 293 g/mol. The highest BCUT2D eigenvalue weighted by Gasteiger charge is 2.21. The van der Waals surface area contributed by atoms with Gasteiger partial charge >= 0.3 is 0 Å². The zero-order valence-electron chi connectivity index (χ0n) is 11.4. The first-order valence-electron chi connectivity index (χ1n) is 6.75. The van der Waals surface area contributed by atoms with E-state index < -0.39 is 0 Å². The summed E-state index contributed by atoms with van der Waals surface area (Å²) in [6, 6.07) is 2.26. The normalized spacial score (nSPS) is 14.7. The lowest BCUT2D eigenvalue weighted by Gasteiger charge is -2.26. The van der Waals surface area contributed by atoms with E-state index in [0.717, 1.165) is 32.5 Å². The fraction of sp³-hybridized carbons (Fsp3) is 0.500. The van der Waals surface area contributed by atoms with Crippen LogP contribution in [-0.4, -0.2) is 18.6 Å². The van der Waals surface area contributed by atoms with E-state index in [1.165, 1.54) is 21.3 Å². The second-order valence-corrected chi connectivity index (χ2v) is 6.85. The number of nitrogens with one attached hydrogen (secondary N) is 1. The first-order chi connectivity index (χ1) is 9.31. The summed E-state index contributed by atoms with van der Waals surface area (Å²) >= 11 is 3.74. The summed E-state index contributed by atoms with van der Waals surface area (Å²) in [5.41, 5.74) is 2.74. The number of aromatic nitrogens is 1. The molecule has 5 heteroatoms. The molecule has 19 heavy (non-hydrogen) atoms. The lowest BCUT2D eigenvalue weighted by molar-refractivity contribution is 0.738. The number of anilines is 1. The Morgan fingerprint density at radius 1 is 1.47 bits per heavy atom. The molecule has 102 valence electrons. The Morgan fingerprint density at radius 3 is 3.16 bits per heavy atom. The maximum atomic E-state index is 4.84. The smallest absolute Gasteiger partial charge is 0.186 e. The fourth-order valence-corrected chi connectivity index (χ4v) is 4.57. The van der Waals surface area contributed by atoms with E-state index >= 15 is 0 Å². The highest BCUT2D eigenvalue weighted by Crippen LogP contribution is 2.32. The Bertz CT molecular complexity index is 559. The average Bonchev–Trinajstić information content (AvgIpc) is 3.04. The van der Waals surface area contributed by atoms with Gasteiger partial charge in [0, 0.05) is 29.4 Å². The van der Waals surface area contributed by atoms with E-state index in [4.69, 9.17) is 4.98 Å². The molecule has 0 radical (unpaired) electrons. The van der Waals surface area contributed by atoms with Crippen molar-refractivity contribution in [3.8, 4) is 0 Å². The largest absolute Gasteiger partial charge is 0.343 e. The van der Waals surface area contributed by atoms with Gasteiger partial charge in [-0.05, 0) is 36.9 Å². The molecule has 0 aliphatic carbocycles. The molecule has 0 fully saturated rings. The first kappa shape index (κ1) is 13.1. The van der Waals surface area contributed by atoms with E-state index in [1.54, 1.807) is 4.88 Å². The third-order valence-corrected chi connectivity index (χ3v) is 5.70. The van der Waals surface area contributed by atoms with E-state index in [0.29, 0.717) is 0 Å². The number of rotatable bonds is 4. The highest BCUT2D eigenvalue weighted by molar-refractivity contribution is 7.15. The number of hydrogen-bond acceptors (Lipinski definition) is 5. The Kier molecular flexibility index (Phi) is 3.86. The summed E-state index contributed by atoms with van der Waals surface area (Å²) in [7, 11) is 2.00. The van der Waals surface area contributed by atoms with Crippen LogP contribution >= 0.6 is 22.7 Å². The van der Waals surface area contributed by atoms with Crippen molar-refractivity contribution in [1.82, 2.24) is 10.3 Å². The molecule has 3 heterocycles. The van der Waals surface area contributed by atoms with Gasteiger partial charge in [0.2, 0.25) is 0 Å². The van der Waals surface area contributed by atoms with E-state index in [-0.39, 0.29) is 0 Å². The summed E-state index contributed by atoms with van der Waals surface area (Å²) in [4.78, 5) is 10.2. The molecule has 1 aliphatic rings. The van der Waals surface area contributed by atoms with Gasteiger partial charge in [-0.3, -0.25) is 0 Å². The molecule has 0 bridgehead atoms. The van der Waals surface area contributed by atoms with Crippen molar-refractivity contribution >= 4 is 27.8 Å². The van der Waals surface area contributed by atoms with Gasteiger partial charge in [0.1, 0.15) is 0 Å². The molecule has 0 saturated heterocycles. The number of thiazole rings is 1. The summed E-state index contributed by atoms with van der Waals surface area (Å²) in [6.45, 7) is 5.24. The van der Waals surface area contributed by atoms with Crippen LogP contribution in [0.3, 0.4) is 0 Å². The van der Waals surface area contributed by atoms with Crippen molar-refractivity contribution in [3.05, 3.63) is 32.5 Å². The minimum absolute atomic E-state index is 0.929. The highest BCUT2D eigenvalue weighted by atomic mass is 32.1. The van der Waals surface area contributed by atoms with E-state index in [9.17, 15) is 0 Å². The lowest BCUT2D eigenvalue weighted by atomic mass is 10.1. The Hall–Kier alpha value is -0.910. The number of nitrogens with zero attached hydrogens (tertiary/aromatic N) is 2. The monoisotopic (exact) mass is 293 g/mol. The van der Waals surface area contributed by atoms with Gasteiger partial charge in [-0.25, -0.2) is 4.98 Å². The maximum absolute atomic E-state index is 4.84. The number of aryl methyl sites for hydroxylation is 1. The van der Waals surface area contributed by atoms with Crippen LogP contribution < -0.4 is 10.2 Å². The molecule has 1 N–H and O–H groups in total. The lowest BCUT2D eigenvalue weighted by Crippen LogP contribution is -2.29. The zero-order valence-corrected chi connectivity index (χ0v) is 13.0. The third kappa shape index (κ3) is 2.55. The van der Waals surface area contributed by atoms with Crippen LogP contribution in [0.1, 0.15) is 27.9 Å². The first-order valence-corrected chi connectivity index (χ1v) is 8.44. The second-order valence-electron chi connectivity index (χ2n) is 4.79. The molecular formula is C14H19N3S2. The van der Waals surface area contributed by atoms with Crippen molar-refractivity contribution in [1.29, 1.82) is 0 Å². The van der Waals surface area contributed by atoms with Crippen molar-refractivity contribution in [2.45, 2.75) is 32.9 Å². The Labute approximate surface area is 122 Å². The molecule has 3 nitrogen and oxygen atoms in total. The molecule has 1 aliphatic heterocycles.